The minimum Gasteiger partial charge on any atom is -0.463 e. The summed E-state index contributed by atoms with van der Waals surface area (Å²) in [7, 11) is 1.29. The second kappa shape index (κ2) is 5.77. The van der Waals surface area contributed by atoms with Crippen LogP contribution in [-0.2, 0) is 4.74 Å². The number of esters is 1. The fraction of sp³-hybridized carbons (Fsp3) is 0.154. The van der Waals surface area contributed by atoms with Gasteiger partial charge in [0.25, 0.3) is 0 Å². The molecule has 0 aliphatic carbocycles. The molecule has 100 valence electrons. The van der Waals surface area contributed by atoms with Crippen LogP contribution < -0.4 is 5.73 Å². The Bertz CT molecular complexity index is 612. The molecular weight excluding hydrogens is 334 g/mol. The van der Waals surface area contributed by atoms with Crippen LogP contribution in [0.5, 0.6) is 0 Å². The third kappa shape index (κ3) is 3.00. The van der Waals surface area contributed by atoms with Crippen molar-refractivity contribution in [1.29, 1.82) is 0 Å². The smallest absolute Gasteiger partial charge is 0.373 e. The Morgan fingerprint density at radius 3 is 2.79 bits per heavy atom. The quantitative estimate of drug-likeness (QED) is 0.865. The molecule has 1 aromatic heterocycles. The van der Waals surface area contributed by atoms with Crippen LogP contribution in [-0.4, -0.2) is 13.1 Å². The van der Waals surface area contributed by atoms with E-state index in [1.54, 1.807) is 18.2 Å². The lowest BCUT2D eigenvalue weighted by Crippen LogP contribution is -2.11. The van der Waals surface area contributed by atoms with Crippen LogP contribution in [0.4, 0.5) is 0 Å². The Hall–Kier alpha value is -1.30. The largest absolute Gasteiger partial charge is 0.463 e. The SMILES string of the molecule is COC(=O)c1ccc(C(N)c2ccc(Cl)c(Br)c2)o1. The highest BCUT2D eigenvalue weighted by atomic mass is 79.9. The number of carbonyl (C=O) groups excluding carboxylic acids is 1. The van der Waals surface area contributed by atoms with Gasteiger partial charge in [-0.15, -0.1) is 0 Å². The minimum absolute atomic E-state index is 0.126. The van der Waals surface area contributed by atoms with E-state index in [9.17, 15) is 4.79 Å². The summed E-state index contributed by atoms with van der Waals surface area (Å²) >= 11 is 9.26. The molecule has 0 bridgehead atoms. The van der Waals surface area contributed by atoms with Gasteiger partial charge in [-0.05, 0) is 45.8 Å². The standard InChI is InChI=1S/C13H11BrClNO3/c1-18-13(17)11-5-4-10(19-11)12(16)7-2-3-9(15)8(14)6-7/h2-6,12H,16H2,1H3. The summed E-state index contributed by atoms with van der Waals surface area (Å²) in [6, 6.07) is 8.06. The van der Waals surface area contributed by atoms with E-state index in [0.29, 0.717) is 10.8 Å². The molecule has 1 unspecified atom stereocenters. The van der Waals surface area contributed by atoms with E-state index >= 15 is 0 Å². The maximum absolute atomic E-state index is 11.3. The molecule has 0 saturated carbocycles. The van der Waals surface area contributed by atoms with Crippen LogP contribution in [0.3, 0.4) is 0 Å². The average Bonchev–Trinajstić information content (AvgIpc) is 2.89. The number of ether oxygens (including phenoxy) is 1. The Morgan fingerprint density at radius 1 is 1.42 bits per heavy atom. The lowest BCUT2D eigenvalue weighted by Gasteiger charge is -2.10. The minimum atomic E-state index is -0.532. The molecule has 4 nitrogen and oxygen atoms in total. The van der Waals surface area contributed by atoms with Gasteiger partial charge in [0.05, 0.1) is 18.2 Å². The number of benzene rings is 1. The topological polar surface area (TPSA) is 65.5 Å². The number of halogens is 2. The van der Waals surface area contributed by atoms with Crippen LogP contribution in [0, 0.1) is 0 Å². The van der Waals surface area contributed by atoms with Crippen molar-refractivity contribution in [3.63, 3.8) is 0 Å². The van der Waals surface area contributed by atoms with E-state index in [-0.39, 0.29) is 5.76 Å². The Balaban J connectivity index is 2.28. The van der Waals surface area contributed by atoms with Gasteiger partial charge < -0.3 is 14.9 Å². The number of carbonyl (C=O) groups is 1. The predicted octanol–water partition coefficient (Wildman–Crippen LogP) is 3.53. The number of hydrogen-bond acceptors (Lipinski definition) is 4. The normalized spacial score (nSPS) is 12.2. The molecule has 1 aromatic carbocycles. The molecule has 6 heteroatoms. The van der Waals surface area contributed by atoms with Crippen molar-refractivity contribution in [2.45, 2.75) is 6.04 Å². The number of methoxy groups -OCH3 is 1. The maximum atomic E-state index is 11.3. The molecule has 0 aliphatic rings. The fourth-order valence-electron chi connectivity index (χ4n) is 1.60. The molecule has 19 heavy (non-hydrogen) atoms. The van der Waals surface area contributed by atoms with Crippen molar-refractivity contribution < 1.29 is 13.9 Å². The highest BCUT2D eigenvalue weighted by Crippen LogP contribution is 2.28. The number of furan rings is 1. The zero-order chi connectivity index (χ0) is 14.0. The summed E-state index contributed by atoms with van der Waals surface area (Å²) in [6.45, 7) is 0. The Labute approximate surface area is 123 Å². The molecule has 0 aliphatic heterocycles. The van der Waals surface area contributed by atoms with E-state index < -0.39 is 12.0 Å². The van der Waals surface area contributed by atoms with Crippen LogP contribution in [0.1, 0.15) is 27.9 Å². The Kier molecular flexibility index (Phi) is 4.29. The van der Waals surface area contributed by atoms with E-state index in [2.05, 4.69) is 20.7 Å². The number of rotatable bonds is 3. The third-order valence-corrected chi connectivity index (χ3v) is 3.84. The van der Waals surface area contributed by atoms with E-state index in [4.69, 9.17) is 21.8 Å². The maximum Gasteiger partial charge on any atom is 0.373 e. The number of nitrogens with two attached hydrogens (primary N) is 1. The highest BCUT2D eigenvalue weighted by Gasteiger charge is 2.17. The highest BCUT2D eigenvalue weighted by molar-refractivity contribution is 9.10. The molecule has 0 radical (unpaired) electrons. The lowest BCUT2D eigenvalue weighted by atomic mass is 10.1. The van der Waals surface area contributed by atoms with Crippen molar-refractivity contribution in [3.8, 4) is 0 Å². The third-order valence-electron chi connectivity index (χ3n) is 2.62. The van der Waals surface area contributed by atoms with Crippen LogP contribution >= 0.6 is 27.5 Å². The first-order valence-electron chi connectivity index (χ1n) is 5.41. The molecule has 1 heterocycles. The summed E-state index contributed by atoms with van der Waals surface area (Å²) in [5.41, 5.74) is 6.90. The van der Waals surface area contributed by atoms with E-state index in [1.165, 1.54) is 13.2 Å². The number of hydrogen-bond donors (Lipinski definition) is 1. The van der Waals surface area contributed by atoms with Crippen LogP contribution in [0.15, 0.2) is 39.2 Å². The zero-order valence-electron chi connectivity index (χ0n) is 10.0. The van der Waals surface area contributed by atoms with Gasteiger partial charge in [0, 0.05) is 4.47 Å². The molecule has 1 atom stereocenters. The lowest BCUT2D eigenvalue weighted by molar-refractivity contribution is 0.0562. The van der Waals surface area contributed by atoms with Gasteiger partial charge in [0.2, 0.25) is 5.76 Å². The molecular formula is C13H11BrClNO3. The molecule has 0 fully saturated rings. The summed E-state index contributed by atoms with van der Waals surface area (Å²) in [4.78, 5) is 11.3. The summed E-state index contributed by atoms with van der Waals surface area (Å²) in [6.07, 6.45) is 0. The predicted molar refractivity (Wildman–Crippen MR) is 75.2 cm³/mol. The van der Waals surface area contributed by atoms with Crippen molar-refractivity contribution in [2.75, 3.05) is 7.11 Å². The van der Waals surface area contributed by atoms with Gasteiger partial charge in [0.15, 0.2) is 0 Å². The zero-order valence-corrected chi connectivity index (χ0v) is 12.4. The molecule has 2 rings (SSSR count). The van der Waals surface area contributed by atoms with Crippen molar-refractivity contribution >= 4 is 33.5 Å². The van der Waals surface area contributed by atoms with Gasteiger partial charge in [-0.3, -0.25) is 0 Å². The van der Waals surface area contributed by atoms with Gasteiger partial charge >= 0.3 is 5.97 Å². The van der Waals surface area contributed by atoms with Gasteiger partial charge in [-0.25, -0.2) is 4.79 Å². The monoisotopic (exact) mass is 343 g/mol. The second-order valence-corrected chi connectivity index (χ2v) is 5.11. The van der Waals surface area contributed by atoms with Crippen molar-refractivity contribution in [3.05, 3.63) is 56.9 Å². The summed E-state index contributed by atoms with van der Waals surface area (Å²) in [5, 5.41) is 0.602. The first-order valence-corrected chi connectivity index (χ1v) is 6.58. The first-order chi connectivity index (χ1) is 9.02. The van der Waals surface area contributed by atoms with Gasteiger partial charge in [0.1, 0.15) is 5.76 Å². The molecule has 0 saturated heterocycles. The fourth-order valence-corrected chi connectivity index (χ4v) is 2.11. The molecule has 0 amide bonds. The molecule has 2 N–H and O–H groups in total. The first kappa shape index (κ1) is 14.1. The summed E-state index contributed by atoms with van der Waals surface area (Å²) in [5.74, 6) is 0.0753. The van der Waals surface area contributed by atoms with Crippen molar-refractivity contribution in [2.24, 2.45) is 5.73 Å². The molecule has 0 spiro atoms. The van der Waals surface area contributed by atoms with Gasteiger partial charge in [-0.2, -0.15) is 0 Å². The second-order valence-electron chi connectivity index (χ2n) is 3.84. The molecule has 2 aromatic rings. The summed E-state index contributed by atoms with van der Waals surface area (Å²) < 4.78 is 10.7. The Morgan fingerprint density at radius 2 is 2.16 bits per heavy atom. The van der Waals surface area contributed by atoms with Crippen LogP contribution in [0.25, 0.3) is 0 Å². The van der Waals surface area contributed by atoms with Crippen LogP contribution in [0.2, 0.25) is 5.02 Å². The van der Waals surface area contributed by atoms with E-state index in [1.807, 2.05) is 6.07 Å². The van der Waals surface area contributed by atoms with Crippen molar-refractivity contribution in [1.82, 2.24) is 0 Å². The van der Waals surface area contributed by atoms with E-state index in [0.717, 1.165) is 10.0 Å². The average molecular weight is 345 g/mol. The van der Waals surface area contributed by atoms with Gasteiger partial charge in [-0.1, -0.05) is 17.7 Å².